The third-order valence-corrected chi connectivity index (χ3v) is 3.06. The van der Waals surface area contributed by atoms with E-state index >= 15 is 0 Å². The Labute approximate surface area is 111 Å². The number of aromatic hydroxyl groups is 1. The van der Waals surface area contributed by atoms with Gasteiger partial charge in [0, 0.05) is 6.42 Å². The number of halogens is 1. The SMILES string of the molecule is N[C@H](c1ccc(O)c(F)c1)[C@@H](O)Cc1ccccc1. The maximum atomic E-state index is 13.2. The molecule has 0 heterocycles. The van der Waals surface area contributed by atoms with E-state index in [1.165, 1.54) is 12.1 Å². The van der Waals surface area contributed by atoms with Gasteiger partial charge in [-0.05, 0) is 23.3 Å². The Morgan fingerprint density at radius 1 is 1.11 bits per heavy atom. The highest BCUT2D eigenvalue weighted by Crippen LogP contribution is 2.22. The number of rotatable bonds is 4. The molecule has 2 atom stereocenters. The van der Waals surface area contributed by atoms with Crippen molar-refractivity contribution in [3.05, 3.63) is 65.5 Å². The van der Waals surface area contributed by atoms with E-state index in [4.69, 9.17) is 10.8 Å². The van der Waals surface area contributed by atoms with E-state index in [1.807, 2.05) is 30.3 Å². The van der Waals surface area contributed by atoms with Crippen molar-refractivity contribution in [1.29, 1.82) is 0 Å². The molecular weight excluding hydrogens is 245 g/mol. The predicted octanol–water partition coefficient (Wildman–Crippen LogP) is 2.13. The van der Waals surface area contributed by atoms with Crippen LogP contribution >= 0.6 is 0 Å². The molecule has 0 amide bonds. The van der Waals surface area contributed by atoms with Crippen molar-refractivity contribution in [2.45, 2.75) is 18.6 Å². The van der Waals surface area contributed by atoms with Crippen LogP contribution in [0.5, 0.6) is 5.75 Å². The molecule has 0 unspecified atom stereocenters. The lowest BCUT2D eigenvalue weighted by atomic mass is 9.97. The van der Waals surface area contributed by atoms with Gasteiger partial charge in [-0.3, -0.25) is 0 Å². The van der Waals surface area contributed by atoms with Gasteiger partial charge < -0.3 is 15.9 Å². The van der Waals surface area contributed by atoms with Crippen LogP contribution in [0.2, 0.25) is 0 Å². The van der Waals surface area contributed by atoms with Gasteiger partial charge in [0.15, 0.2) is 11.6 Å². The molecule has 2 aromatic rings. The van der Waals surface area contributed by atoms with Crippen LogP contribution in [0, 0.1) is 5.82 Å². The highest BCUT2D eigenvalue weighted by atomic mass is 19.1. The molecule has 0 spiro atoms. The van der Waals surface area contributed by atoms with E-state index in [2.05, 4.69) is 0 Å². The van der Waals surface area contributed by atoms with Crippen molar-refractivity contribution in [3.63, 3.8) is 0 Å². The zero-order valence-corrected chi connectivity index (χ0v) is 10.3. The molecule has 0 bridgehead atoms. The molecule has 0 saturated heterocycles. The van der Waals surface area contributed by atoms with Crippen LogP contribution in [0.3, 0.4) is 0 Å². The second-order valence-electron chi connectivity index (χ2n) is 4.49. The highest BCUT2D eigenvalue weighted by molar-refractivity contribution is 5.30. The first kappa shape index (κ1) is 13.5. The van der Waals surface area contributed by atoms with Gasteiger partial charge in [-0.15, -0.1) is 0 Å². The van der Waals surface area contributed by atoms with Crippen LogP contribution in [-0.4, -0.2) is 16.3 Å². The number of aliphatic hydroxyl groups excluding tert-OH is 1. The number of phenolic OH excluding ortho intramolecular Hbond substituents is 1. The van der Waals surface area contributed by atoms with Crippen LogP contribution in [0.4, 0.5) is 4.39 Å². The molecule has 2 rings (SSSR count). The van der Waals surface area contributed by atoms with E-state index in [9.17, 15) is 9.50 Å². The maximum absolute atomic E-state index is 13.2. The largest absolute Gasteiger partial charge is 0.505 e. The highest BCUT2D eigenvalue weighted by Gasteiger charge is 2.18. The van der Waals surface area contributed by atoms with Gasteiger partial charge in [-0.2, -0.15) is 0 Å². The summed E-state index contributed by atoms with van der Waals surface area (Å²) in [5.41, 5.74) is 7.33. The molecular formula is C15H16FNO2. The minimum absolute atomic E-state index is 0.393. The normalized spacial score (nSPS) is 14.1. The Kier molecular flexibility index (Phi) is 4.14. The Bertz CT molecular complexity index is 545. The minimum atomic E-state index is -0.814. The van der Waals surface area contributed by atoms with Crippen molar-refractivity contribution >= 4 is 0 Å². The van der Waals surface area contributed by atoms with Crippen LogP contribution < -0.4 is 5.73 Å². The third kappa shape index (κ3) is 3.30. The summed E-state index contributed by atoms with van der Waals surface area (Å²) in [4.78, 5) is 0. The molecule has 0 aliphatic carbocycles. The zero-order valence-electron chi connectivity index (χ0n) is 10.3. The van der Waals surface area contributed by atoms with Gasteiger partial charge in [0.25, 0.3) is 0 Å². The van der Waals surface area contributed by atoms with Crippen LogP contribution in [0.1, 0.15) is 17.2 Å². The van der Waals surface area contributed by atoms with Crippen molar-refractivity contribution in [2.24, 2.45) is 5.73 Å². The standard InChI is InChI=1S/C15H16FNO2/c16-12-9-11(6-7-13(12)18)15(17)14(19)8-10-4-2-1-3-5-10/h1-7,9,14-15,18-19H,8,17H2/t14-,15+/m0/s1. The molecule has 0 saturated carbocycles. The fourth-order valence-corrected chi connectivity index (χ4v) is 1.94. The lowest BCUT2D eigenvalue weighted by Gasteiger charge is -2.19. The van der Waals surface area contributed by atoms with Crippen molar-refractivity contribution in [3.8, 4) is 5.75 Å². The second-order valence-corrected chi connectivity index (χ2v) is 4.49. The smallest absolute Gasteiger partial charge is 0.165 e. The number of nitrogens with two attached hydrogens (primary N) is 1. The van der Waals surface area contributed by atoms with Gasteiger partial charge in [-0.25, -0.2) is 4.39 Å². The Balaban J connectivity index is 2.10. The van der Waals surface area contributed by atoms with Gasteiger partial charge in [-0.1, -0.05) is 36.4 Å². The summed E-state index contributed by atoms with van der Waals surface area (Å²) in [5.74, 6) is -1.16. The third-order valence-electron chi connectivity index (χ3n) is 3.06. The quantitative estimate of drug-likeness (QED) is 0.790. The van der Waals surface area contributed by atoms with E-state index in [0.29, 0.717) is 12.0 Å². The van der Waals surface area contributed by atoms with Crippen LogP contribution in [-0.2, 0) is 6.42 Å². The molecule has 0 aliphatic rings. The first-order chi connectivity index (χ1) is 9.08. The summed E-state index contributed by atoms with van der Waals surface area (Å²) in [6, 6.07) is 12.6. The Morgan fingerprint density at radius 2 is 1.79 bits per heavy atom. The fraction of sp³-hybridized carbons (Fsp3) is 0.200. The first-order valence-electron chi connectivity index (χ1n) is 6.04. The number of hydrogen-bond donors (Lipinski definition) is 3. The van der Waals surface area contributed by atoms with E-state index in [-0.39, 0.29) is 0 Å². The maximum Gasteiger partial charge on any atom is 0.165 e. The number of hydrogen-bond acceptors (Lipinski definition) is 3. The predicted molar refractivity (Wildman–Crippen MR) is 71.1 cm³/mol. The van der Waals surface area contributed by atoms with Crippen molar-refractivity contribution in [1.82, 2.24) is 0 Å². The molecule has 0 aromatic heterocycles. The summed E-state index contributed by atoms with van der Waals surface area (Å²) < 4.78 is 13.2. The summed E-state index contributed by atoms with van der Waals surface area (Å²) >= 11 is 0. The Morgan fingerprint density at radius 3 is 2.42 bits per heavy atom. The monoisotopic (exact) mass is 261 g/mol. The summed E-state index contributed by atoms with van der Waals surface area (Å²) in [7, 11) is 0. The molecule has 4 N–H and O–H groups in total. The summed E-state index contributed by atoms with van der Waals surface area (Å²) in [5, 5.41) is 19.2. The van der Waals surface area contributed by atoms with E-state index in [0.717, 1.165) is 11.6 Å². The summed E-state index contributed by atoms with van der Waals surface area (Å²) in [6.45, 7) is 0. The molecule has 4 heteroatoms. The molecule has 19 heavy (non-hydrogen) atoms. The molecule has 0 radical (unpaired) electrons. The average Bonchev–Trinajstić information content (AvgIpc) is 2.42. The fourth-order valence-electron chi connectivity index (χ4n) is 1.94. The lowest BCUT2D eigenvalue weighted by molar-refractivity contribution is 0.145. The minimum Gasteiger partial charge on any atom is -0.505 e. The molecule has 2 aromatic carbocycles. The number of phenols is 1. The van der Waals surface area contributed by atoms with Gasteiger partial charge in [0.05, 0.1) is 12.1 Å². The van der Waals surface area contributed by atoms with Crippen molar-refractivity contribution < 1.29 is 14.6 Å². The molecule has 0 aliphatic heterocycles. The van der Waals surface area contributed by atoms with Gasteiger partial charge >= 0.3 is 0 Å². The topological polar surface area (TPSA) is 66.5 Å². The number of aliphatic hydroxyl groups is 1. The second kappa shape index (κ2) is 5.82. The number of benzene rings is 2. The van der Waals surface area contributed by atoms with Crippen LogP contribution in [0.25, 0.3) is 0 Å². The molecule has 0 fully saturated rings. The Hall–Kier alpha value is -1.91. The average molecular weight is 261 g/mol. The van der Waals surface area contributed by atoms with Gasteiger partial charge in [0.1, 0.15) is 0 Å². The molecule has 3 nitrogen and oxygen atoms in total. The zero-order chi connectivity index (χ0) is 13.8. The summed E-state index contributed by atoms with van der Waals surface area (Å²) in [6.07, 6.45) is -0.420. The van der Waals surface area contributed by atoms with Crippen LogP contribution in [0.15, 0.2) is 48.5 Å². The van der Waals surface area contributed by atoms with E-state index in [1.54, 1.807) is 0 Å². The lowest BCUT2D eigenvalue weighted by Crippen LogP contribution is -2.28. The van der Waals surface area contributed by atoms with E-state index < -0.39 is 23.7 Å². The van der Waals surface area contributed by atoms with Gasteiger partial charge in [0.2, 0.25) is 0 Å². The first-order valence-corrected chi connectivity index (χ1v) is 6.04. The molecule has 100 valence electrons. The van der Waals surface area contributed by atoms with Crippen molar-refractivity contribution in [2.75, 3.05) is 0 Å².